The molecule has 1 saturated carbocycles. The first-order valence-electron chi connectivity index (χ1n) is 10.5. The third-order valence-electron chi connectivity index (χ3n) is 6.21. The van der Waals surface area contributed by atoms with E-state index in [2.05, 4.69) is 15.2 Å². The smallest absolute Gasteiger partial charge is 0.229 e. The zero-order chi connectivity index (χ0) is 22.0. The molecule has 1 N–H and O–H groups in total. The number of thiazole rings is 1. The molecule has 0 atom stereocenters. The fraction of sp³-hybridized carbons (Fsp3) is 0.524. The van der Waals surface area contributed by atoms with Gasteiger partial charge in [0.15, 0.2) is 5.13 Å². The van der Waals surface area contributed by atoms with Crippen LogP contribution in [-0.2, 0) is 14.8 Å². The maximum Gasteiger partial charge on any atom is 0.229 e. The van der Waals surface area contributed by atoms with Crippen LogP contribution >= 0.6 is 22.9 Å². The number of aromatic nitrogens is 1. The second-order valence-electron chi connectivity index (χ2n) is 8.21. The lowest BCUT2D eigenvalue weighted by molar-refractivity contribution is -0.121. The average molecular weight is 483 g/mol. The summed E-state index contributed by atoms with van der Waals surface area (Å²) < 4.78 is 24.9. The molecular weight excluding hydrogens is 456 g/mol. The summed E-state index contributed by atoms with van der Waals surface area (Å²) >= 11 is 7.65. The maximum absolute atomic E-state index is 12.8. The van der Waals surface area contributed by atoms with Gasteiger partial charge in [-0.2, -0.15) is 4.31 Å². The molecule has 0 bridgehead atoms. The van der Waals surface area contributed by atoms with Gasteiger partial charge in [-0.25, -0.2) is 13.4 Å². The largest absolute Gasteiger partial charge is 0.302 e. The third-order valence-corrected chi connectivity index (χ3v) is 8.60. The number of carbonyl (C=O) groups excluding carboxylic acids is 1. The van der Waals surface area contributed by atoms with Crippen LogP contribution in [-0.4, -0.2) is 67.0 Å². The number of piperazine rings is 1. The van der Waals surface area contributed by atoms with Crippen LogP contribution in [0, 0.1) is 5.92 Å². The highest BCUT2D eigenvalue weighted by molar-refractivity contribution is 7.88. The van der Waals surface area contributed by atoms with Crippen LogP contribution in [0.15, 0.2) is 29.6 Å². The molecule has 7 nitrogen and oxygen atoms in total. The SMILES string of the molecule is CS(=O)(=O)N1CCN(C2CCC(C(=O)Nc3nc(-c4ccccc4Cl)cs3)CC2)CC1. The van der Waals surface area contributed by atoms with Gasteiger partial charge in [0.05, 0.1) is 11.9 Å². The summed E-state index contributed by atoms with van der Waals surface area (Å²) in [6.07, 6.45) is 4.86. The van der Waals surface area contributed by atoms with Gasteiger partial charge in [0.25, 0.3) is 0 Å². The van der Waals surface area contributed by atoms with Gasteiger partial charge in [-0.1, -0.05) is 29.8 Å². The van der Waals surface area contributed by atoms with E-state index in [9.17, 15) is 13.2 Å². The number of nitrogens with zero attached hydrogens (tertiary/aromatic N) is 3. The Bertz CT molecular complexity index is 1030. The zero-order valence-corrected chi connectivity index (χ0v) is 19.8. The molecule has 0 spiro atoms. The molecule has 2 aromatic rings. The van der Waals surface area contributed by atoms with Crippen molar-refractivity contribution in [1.82, 2.24) is 14.2 Å². The van der Waals surface area contributed by atoms with Crippen molar-refractivity contribution in [3.63, 3.8) is 0 Å². The van der Waals surface area contributed by atoms with Crippen molar-refractivity contribution in [2.75, 3.05) is 37.8 Å². The summed E-state index contributed by atoms with van der Waals surface area (Å²) in [6, 6.07) is 7.97. The lowest BCUT2D eigenvalue weighted by Crippen LogP contribution is -2.52. The Hall–Kier alpha value is -1.52. The number of amides is 1. The fourth-order valence-corrected chi connectivity index (χ4v) is 6.21. The Morgan fingerprint density at radius 1 is 1.13 bits per heavy atom. The lowest BCUT2D eigenvalue weighted by atomic mass is 9.84. The van der Waals surface area contributed by atoms with Crippen LogP contribution in [0.1, 0.15) is 25.7 Å². The van der Waals surface area contributed by atoms with Gasteiger partial charge in [0, 0.05) is 54.1 Å². The molecule has 10 heteroatoms. The molecule has 1 aliphatic heterocycles. The summed E-state index contributed by atoms with van der Waals surface area (Å²) in [5.74, 6) is 0.0154. The molecule has 1 saturated heterocycles. The summed E-state index contributed by atoms with van der Waals surface area (Å²) in [6.45, 7) is 2.63. The summed E-state index contributed by atoms with van der Waals surface area (Å²) in [5.41, 5.74) is 1.63. The van der Waals surface area contributed by atoms with E-state index < -0.39 is 10.0 Å². The normalized spacial score (nSPS) is 23.5. The van der Waals surface area contributed by atoms with E-state index in [1.807, 2.05) is 29.6 Å². The Labute approximate surface area is 192 Å². The van der Waals surface area contributed by atoms with Crippen molar-refractivity contribution >= 4 is 44.0 Å². The standard InChI is InChI=1S/C21H27ClN4O3S2/c1-31(28,29)26-12-10-25(11-13-26)16-8-6-15(7-9-16)20(27)24-21-23-19(14-30-21)17-4-2-3-5-18(17)22/h2-5,14-16H,6-13H2,1H3,(H,23,24,27). The van der Waals surface area contributed by atoms with Crippen molar-refractivity contribution in [2.45, 2.75) is 31.7 Å². The van der Waals surface area contributed by atoms with E-state index in [1.54, 1.807) is 4.31 Å². The van der Waals surface area contributed by atoms with Crippen molar-refractivity contribution in [1.29, 1.82) is 0 Å². The van der Waals surface area contributed by atoms with E-state index in [0.29, 0.717) is 29.3 Å². The average Bonchev–Trinajstić information content (AvgIpc) is 3.22. The zero-order valence-electron chi connectivity index (χ0n) is 17.5. The second kappa shape index (κ2) is 9.54. The van der Waals surface area contributed by atoms with Crippen molar-refractivity contribution in [2.24, 2.45) is 5.92 Å². The van der Waals surface area contributed by atoms with Gasteiger partial charge in [-0.3, -0.25) is 9.69 Å². The van der Waals surface area contributed by atoms with Crippen LogP contribution in [0.4, 0.5) is 5.13 Å². The molecule has 2 fully saturated rings. The minimum atomic E-state index is -3.11. The first-order valence-corrected chi connectivity index (χ1v) is 13.6. The summed E-state index contributed by atoms with van der Waals surface area (Å²) in [7, 11) is -3.11. The van der Waals surface area contributed by atoms with E-state index in [0.717, 1.165) is 50.0 Å². The number of anilines is 1. The molecule has 168 valence electrons. The molecule has 1 aromatic carbocycles. The Balaban J connectivity index is 1.27. The molecule has 1 amide bonds. The number of carbonyl (C=O) groups is 1. The van der Waals surface area contributed by atoms with Crippen LogP contribution in [0.3, 0.4) is 0 Å². The molecule has 2 heterocycles. The molecule has 1 aliphatic carbocycles. The minimum Gasteiger partial charge on any atom is -0.302 e. The van der Waals surface area contributed by atoms with Gasteiger partial charge in [0.2, 0.25) is 15.9 Å². The van der Waals surface area contributed by atoms with Crippen LogP contribution in [0.25, 0.3) is 11.3 Å². The van der Waals surface area contributed by atoms with Crippen LogP contribution in [0.5, 0.6) is 0 Å². The highest BCUT2D eigenvalue weighted by Gasteiger charge is 2.32. The van der Waals surface area contributed by atoms with Gasteiger partial charge >= 0.3 is 0 Å². The second-order valence-corrected chi connectivity index (χ2v) is 11.5. The third kappa shape index (κ3) is 5.46. The molecule has 31 heavy (non-hydrogen) atoms. The van der Waals surface area contributed by atoms with Crippen LogP contribution < -0.4 is 5.32 Å². The minimum absolute atomic E-state index is 0.0128. The monoisotopic (exact) mass is 482 g/mol. The Morgan fingerprint density at radius 2 is 1.81 bits per heavy atom. The molecule has 4 rings (SSSR count). The van der Waals surface area contributed by atoms with E-state index >= 15 is 0 Å². The van der Waals surface area contributed by atoms with E-state index in [-0.39, 0.29) is 11.8 Å². The van der Waals surface area contributed by atoms with Crippen molar-refractivity contribution < 1.29 is 13.2 Å². The number of rotatable bonds is 5. The lowest BCUT2D eigenvalue weighted by Gasteiger charge is -2.41. The molecular formula is C21H27ClN4O3S2. The Morgan fingerprint density at radius 3 is 2.45 bits per heavy atom. The highest BCUT2D eigenvalue weighted by atomic mass is 35.5. The summed E-state index contributed by atoms with van der Waals surface area (Å²) in [5, 5.41) is 6.12. The Kier molecular flexibility index (Phi) is 6.98. The molecule has 0 unspecified atom stereocenters. The predicted molar refractivity (Wildman–Crippen MR) is 125 cm³/mol. The molecule has 1 aromatic heterocycles. The number of nitrogens with one attached hydrogen (secondary N) is 1. The molecule has 2 aliphatic rings. The topological polar surface area (TPSA) is 82.6 Å². The quantitative estimate of drug-likeness (QED) is 0.704. The number of hydrogen-bond acceptors (Lipinski definition) is 6. The highest BCUT2D eigenvalue weighted by Crippen LogP contribution is 2.32. The van der Waals surface area contributed by atoms with Gasteiger partial charge < -0.3 is 5.32 Å². The van der Waals surface area contributed by atoms with Gasteiger partial charge in [-0.15, -0.1) is 11.3 Å². The van der Waals surface area contributed by atoms with Gasteiger partial charge in [0.1, 0.15) is 0 Å². The first-order chi connectivity index (χ1) is 14.8. The van der Waals surface area contributed by atoms with Crippen LogP contribution in [0.2, 0.25) is 5.02 Å². The summed E-state index contributed by atoms with van der Waals surface area (Å²) in [4.78, 5) is 19.7. The van der Waals surface area contributed by atoms with E-state index in [1.165, 1.54) is 17.6 Å². The number of halogens is 1. The molecule has 0 radical (unpaired) electrons. The van der Waals surface area contributed by atoms with Crippen molar-refractivity contribution in [3.8, 4) is 11.3 Å². The van der Waals surface area contributed by atoms with Crippen molar-refractivity contribution in [3.05, 3.63) is 34.7 Å². The van der Waals surface area contributed by atoms with E-state index in [4.69, 9.17) is 11.6 Å². The van der Waals surface area contributed by atoms with Gasteiger partial charge in [-0.05, 0) is 31.7 Å². The first kappa shape index (κ1) is 22.7. The fourth-order valence-electron chi connectivity index (χ4n) is 4.43. The maximum atomic E-state index is 12.8. The number of sulfonamides is 1. The number of benzene rings is 1. The predicted octanol–water partition coefficient (Wildman–Crippen LogP) is 3.54. The number of hydrogen-bond donors (Lipinski definition) is 1.